The molecule has 0 atom stereocenters. The number of hydrogen-bond donors (Lipinski definition) is 1. The second-order valence-corrected chi connectivity index (χ2v) is 8.71. The Morgan fingerprint density at radius 2 is 1.69 bits per heavy atom. The van der Waals surface area contributed by atoms with Gasteiger partial charge in [-0.15, -0.1) is 0 Å². The number of halogens is 1. The second-order valence-electron chi connectivity index (χ2n) is 7.80. The molecular formula is C20H29BrN2O3. The van der Waals surface area contributed by atoms with E-state index in [1.165, 1.54) is 0 Å². The first-order valence-electron chi connectivity index (χ1n) is 9.39. The molecule has 1 aromatic carbocycles. The van der Waals surface area contributed by atoms with Crippen LogP contribution in [0.5, 0.6) is 0 Å². The van der Waals surface area contributed by atoms with Gasteiger partial charge >= 0.3 is 0 Å². The number of nitrogens with one attached hydrogen (secondary N) is 1. The van der Waals surface area contributed by atoms with Gasteiger partial charge in [0, 0.05) is 42.9 Å². The van der Waals surface area contributed by atoms with Crippen molar-refractivity contribution in [1.29, 1.82) is 0 Å². The summed E-state index contributed by atoms with van der Waals surface area (Å²) in [6.45, 7) is 9.60. The van der Waals surface area contributed by atoms with Crippen LogP contribution < -0.4 is 5.32 Å². The smallest absolute Gasteiger partial charge is 0.230 e. The fourth-order valence-corrected chi connectivity index (χ4v) is 4.15. The van der Waals surface area contributed by atoms with Gasteiger partial charge in [-0.2, -0.15) is 0 Å². The number of ether oxygens (including phenoxy) is 2. The van der Waals surface area contributed by atoms with Crippen LogP contribution in [0.2, 0.25) is 0 Å². The number of amides is 1. The molecule has 2 aliphatic heterocycles. The molecule has 144 valence electrons. The van der Waals surface area contributed by atoms with Crippen molar-refractivity contribution in [2.45, 2.75) is 37.6 Å². The number of carbonyl (C=O) groups is 1. The van der Waals surface area contributed by atoms with E-state index in [0.717, 1.165) is 49.2 Å². The van der Waals surface area contributed by atoms with Crippen LogP contribution in [-0.4, -0.2) is 62.4 Å². The van der Waals surface area contributed by atoms with E-state index in [2.05, 4.69) is 52.1 Å². The van der Waals surface area contributed by atoms with E-state index in [9.17, 15) is 4.79 Å². The van der Waals surface area contributed by atoms with Gasteiger partial charge < -0.3 is 14.8 Å². The van der Waals surface area contributed by atoms with E-state index in [1.807, 2.05) is 12.1 Å². The van der Waals surface area contributed by atoms with Crippen molar-refractivity contribution < 1.29 is 14.3 Å². The first kappa shape index (κ1) is 19.8. The number of hydrogen-bond acceptors (Lipinski definition) is 4. The molecule has 3 rings (SSSR count). The molecule has 1 N–H and O–H groups in total. The van der Waals surface area contributed by atoms with Crippen molar-refractivity contribution in [2.75, 3.05) is 46.1 Å². The van der Waals surface area contributed by atoms with Crippen LogP contribution in [-0.2, 0) is 19.7 Å². The summed E-state index contributed by atoms with van der Waals surface area (Å²) in [6, 6.07) is 8.14. The summed E-state index contributed by atoms with van der Waals surface area (Å²) in [5.74, 6) is 0.115. The summed E-state index contributed by atoms with van der Waals surface area (Å²) >= 11 is 3.48. The van der Waals surface area contributed by atoms with Crippen LogP contribution in [0.1, 0.15) is 32.3 Å². The summed E-state index contributed by atoms with van der Waals surface area (Å²) in [7, 11) is 0. The van der Waals surface area contributed by atoms with Crippen LogP contribution in [0.4, 0.5) is 0 Å². The molecule has 0 spiro atoms. The molecule has 0 saturated carbocycles. The Balaban J connectivity index is 1.72. The first-order valence-corrected chi connectivity index (χ1v) is 10.2. The minimum Gasteiger partial charge on any atom is -0.381 e. The molecule has 2 heterocycles. The molecule has 2 saturated heterocycles. The van der Waals surface area contributed by atoms with Crippen molar-refractivity contribution in [3.05, 3.63) is 34.3 Å². The van der Waals surface area contributed by atoms with Gasteiger partial charge in [0.25, 0.3) is 0 Å². The Bertz CT molecular complexity index is 606. The number of morpholine rings is 1. The summed E-state index contributed by atoms with van der Waals surface area (Å²) in [5.41, 5.74) is 0.483. The van der Waals surface area contributed by atoms with Gasteiger partial charge in [0.2, 0.25) is 5.91 Å². The zero-order valence-electron chi connectivity index (χ0n) is 15.7. The number of rotatable bonds is 5. The Morgan fingerprint density at radius 1 is 1.12 bits per heavy atom. The maximum absolute atomic E-state index is 13.3. The quantitative estimate of drug-likeness (QED) is 0.789. The largest absolute Gasteiger partial charge is 0.381 e. The summed E-state index contributed by atoms with van der Waals surface area (Å²) < 4.78 is 12.0. The molecule has 2 aliphatic rings. The zero-order valence-corrected chi connectivity index (χ0v) is 17.3. The number of benzene rings is 1. The van der Waals surface area contributed by atoms with E-state index in [-0.39, 0.29) is 11.4 Å². The Labute approximate surface area is 164 Å². The topological polar surface area (TPSA) is 50.8 Å². The van der Waals surface area contributed by atoms with E-state index < -0.39 is 5.41 Å². The zero-order chi connectivity index (χ0) is 18.6. The Hall–Kier alpha value is -0.950. The molecule has 0 unspecified atom stereocenters. The average molecular weight is 425 g/mol. The molecule has 2 fully saturated rings. The minimum atomic E-state index is -0.500. The Kier molecular flexibility index (Phi) is 6.38. The number of carbonyl (C=O) groups excluding carboxylic acids is 1. The van der Waals surface area contributed by atoms with Crippen molar-refractivity contribution in [3.63, 3.8) is 0 Å². The van der Waals surface area contributed by atoms with Gasteiger partial charge in [0.05, 0.1) is 18.6 Å². The maximum Gasteiger partial charge on any atom is 0.230 e. The van der Waals surface area contributed by atoms with E-state index in [1.54, 1.807) is 0 Å². The molecule has 5 nitrogen and oxygen atoms in total. The lowest BCUT2D eigenvalue weighted by Crippen LogP contribution is -2.57. The maximum atomic E-state index is 13.3. The van der Waals surface area contributed by atoms with Gasteiger partial charge in [0.1, 0.15) is 0 Å². The second kappa shape index (κ2) is 8.38. The molecule has 1 aromatic rings. The minimum absolute atomic E-state index is 0.0918. The van der Waals surface area contributed by atoms with Gasteiger partial charge in [-0.25, -0.2) is 0 Å². The van der Waals surface area contributed by atoms with Gasteiger partial charge in [-0.3, -0.25) is 9.69 Å². The SMILES string of the molecule is CC(C)(CNC(=O)C1(c2ccc(Br)cc2)CCOCC1)N1CCOCC1. The average Bonchev–Trinajstić information content (AvgIpc) is 2.68. The van der Waals surface area contributed by atoms with Gasteiger partial charge in [-0.1, -0.05) is 28.1 Å². The molecule has 6 heteroatoms. The lowest BCUT2D eigenvalue weighted by atomic mass is 9.73. The number of nitrogens with zero attached hydrogens (tertiary/aromatic N) is 1. The van der Waals surface area contributed by atoms with Crippen molar-refractivity contribution in [1.82, 2.24) is 10.2 Å². The predicted molar refractivity (Wildman–Crippen MR) is 105 cm³/mol. The highest BCUT2D eigenvalue weighted by atomic mass is 79.9. The van der Waals surface area contributed by atoms with E-state index in [4.69, 9.17) is 9.47 Å². The van der Waals surface area contributed by atoms with E-state index >= 15 is 0 Å². The lowest BCUT2D eigenvalue weighted by Gasteiger charge is -2.42. The van der Waals surface area contributed by atoms with E-state index in [0.29, 0.717) is 19.8 Å². The van der Waals surface area contributed by atoms with Crippen LogP contribution >= 0.6 is 15.9 Å². The Morgan fingerprint density at radius 3 is 2.31 bits per heavy atom. The van der Waals surface area contributed by atoms with Crippen LogP contribution in [0.25, 0.3) is 0 Å². The molecular weight excluding hydrogens is 396 g/mol. The van der Waals surface area contributed by atoms with Crippen LogP contribution in [0, 0.1) is 0 Å². The van der Waals surface area contributed by atoms with Crippen molar-refractivity contribution >= 4 is 21.8 Å². The highest BCUT2D eigenvalue weighted by Gasteiger charge is 2.42. The summed E-state index contributed by atoms with van der Waals surface area (Å²) in [4.78, 5) is 15.7. The summed E-state index contributed by atoms with van der Waals surface area (Å²) in [5, 5.41) is 3.26. The van der Waals surface area contributed by atoms with Gasteiger partial charge in [0.15, 0.2) is 0 Å². The third-order valence-corrected chi connectivity index (χ3v) is 6.26. The van der Waals surface area contributed by atoms with Crippen molar-refractivity contribution in [2.24, 2.45) is 0 Å². The van der Waals surface area contributed by atoms with Crippen LogP contribution in [0.3, 0.4) is 0 Å². The fourth-order valence-electron chi connectivity index (χ4n) is 3.88. The highest BCUT2D eigenvalue weighted by Crippen LogP contribution is 2.36. The lowest BCUT2D eigenvalue weighted by molar-refractivity contribution is -0.131. The van der Waals surface area contributed by atoms with Gasteiger partial charge in [-0.05, 0) is 44.4 Å². The molecule has 26 heavy (non-hydrogen) atoms. The third kappa shape index (κ3) is 4.30. The third-order valence-electron chi connectivity index (χ3n) is 5.73. The molecule has 1 amide bonds. The fraction of sp³-hybridized carbons (Fsp3) is 0.650. The molecule has 0 aromatic heterocycles. The summed E-state index contributed by atoms with van der Waals surface area (Å²) in [6.07, 6.45) is 1.44. The molecule has 0 aliphatic carbocycles. The van der Waals surface area contributed by atoms with Crippen molar-refractivity contribution in [3.8, 4) is 0 Å². The molecule has 0 bridgehead atoms. The first-order chi connectivity index (χ1) is 12.4. The standard InChI is InChI=1S/C20H29BrN2O3/c1-19(2,23-9-13-26-14-10-23)15-22-18(24)20(7-11-25-12-8-20)16-3-5-17(21)6-4-16/h3-6H,7-15H2,1-2H3,(H,22,24). The predicted octanol–water partition coefficient (Wildman–Crippen LogP) is 2.72. The molecule has 0 radical (unpaired) electrons. The van der Waals surface area contributed by atoms with Crippen LogP contribution in [0.15, 0.2) is 28.7 Å². The highest BCUT2D eigenvalue weighted by molar-refractivity contribution is 9.10. The monoisotopic (exact) mass is 424 g/mol. The normalized spacial score (nSPS) is 21.3.